The normalized spacial score (nSPS) is 22.2. The fraction of sp³-hybridized carbons (Fsp3) is 1.00. The van der Waals surface area contributed by atoms with Crippen molar-refractivity contribution in [1.82, 2.24) is 5.32 Å². The van der Waals surface area contributed by atoms with Gasteiger partial charge in [0.1, 0.15) is 0 Å². The first kappa shape index (κ1) is 9.90. The van der Waals surface area contributed by atoms with Crippen LogP contribution in [0, 0.1) is 5.92 Å². The molecule has 0 atom stereocenters. The van der Waals surface area contributed by atoms with E-state index in [1.165, 1.54) is 0 Å². The Kier molecular flexibility index (Phi) is 3.44. The Hall–Kier alpha value is -0.180. The molecule has 12 heavy (non-hydrogen) atoms. The lowest BCUT2D eigenvalue weighted by molar-refractivity contribution is -0.109. The Morgan fingerprint density at radius 3 is 2.58 bits per heavy atom. The molecule has 1 nitrogen and oxygen atoms in total. The molecule has 0 unspecified atom stereocenters. The standard InChI is InChI=1S/C9H17F2N/c1-2-3-4-12-7-8-5-9(10,11)6-8/h8,12H,2-7H2,1H3. The highest BCUT2D eigenvalue weighted by Gasteiger charge is 2.44. The summed E-state index contributed by atoms with van der Waals surface area (Å²) in [5.41, 5.74) is 0. The maximum Gasteiger partial charge on any atom is 0.248 e. The molecule has 0 aromatic heterocycles. The third kappa shape index (κ3) is 3.05. The van der Waals surface area contributed by atoms with Crippen molar-refractivity contribution in [3.05, 3.63) is 0 Å². The van der Waals surface area contributed by atoms with Gasteiger partial charge in [-0.2, -0.15) is 0 Å². The van der Waals surface area contributed by atoms with Crippen LogP contribution in [0.25, 0.3) is 0 Å². The van der Waals surface area contributed by atoms with Crippen LogP contribution in [-0.2, 0) is 0 Å². The van der Waals surface area contributed by atoms with Gasteiger partial charge in [-0.1, -0.05) is 13.3 Å². The molecule has 72 valence electrons. The zero-order chi connectivity index (χ0) is 9.03. The first-order chi connectivity index (χ1) is 5.64. The van der Waals surface area contributed by atoms with Crippen molar-refractivity contribution >= 4 is 0 Å². The molecule has 0 spiro atoms. The molecule has 0 aromatic rings. The van der Waals surface area contributed by atoms with Crippen molar-refractivity contribution in [2.45, 2.75) is 38.5 Å². The zero-order valence-electron chi connectivity index (χ0n) is 7.58. The van der Waals surface area contributed by atoms with E-state index in [9.17, 15) is 8.78 Å². The van der Waals surface area contributed by atoms with E-state index in [2.05, 4.69) is 12.2 Å². The molecule has 1 rings (SSSR count). The molecule has 1 N–H and O–H groups in total. The molecule has 0 saturated heterocycles. The second kappa shape index (κ2) is 4.17. The van der Waals surface area contributed by atoms with Crippen LogP contribution in [0.1, 0.15) is 32.6 Å². The second-order valence-electron chi connectivity index (χ2n) is 3.69. The third-order valence-electron chi connectivity index (χ3n) is 2.31. The van der Waals surface area contributed by atoms with Crippen LogP contribution in [0.4, 0.5) is 8.78 Å². The Morgan fingerprint density at radius 1 is 1.42 bits per heavy atom. The number of hydrogen-bond acceptors (Lipinski definition) is 1. The van der Waals surface area contributed by atoms with Gasteiger partial charge >= 0.3 is 0 Å². The average molecular weight is 177 g/mol. The minimum Gasteiger partial charge on any atom is -0.316 e. The molecule has 0 radical (unpaired) electrons. The largest absolute Gasteiger partial charge is 0.316 e. The molecule has 0 amide bonds. The fourth-order valence-electron chi connectivity index (χ4n) is 1.54. The molecule has 1 aliphatic rings. The van der Waals surface area contributed by atoms with E-state index in [1.54, 1.807) is 0 Å². The fourth-order valence-corrected chi connectivity index (χ4v) is 1.54. The summed E-state index contributed by atoms with van der Waals surface area (Å²) in [4.78, 5) is 0. The summed E-state index contributed by atoms with van der Waals surface area (Å²) < 4.78 is 24.7. The summed E-state index contributed by atoms with van der Waals surface area (Å²) in [5.74, 6) is -2.13. The van der Waals surface area contributed by atoms with Gasteiger partial charge in [0.15, 0.2) is 0 Å². The molecular formula is C9H17F2N. The summed E-state index contributed by atoms with van der Waals surface area (Å²) in [6.45, 7) is 3.87. The smallest absolute Gasteiger partial charge is 0.248 e. The topological polar surface area (TPSA) is 12.0 Å². The summed E-state index contributed by atoms with van der Waals surface area (Å²) in [6.07, 6.45) is 2.48. The van der Waals surface area contributed by atoms with Crippen LogP contribution in [0.2, 0.25) is 0 Å². The lowest BCUT2D eigenvalue weighted by atomic mass is 9.81. The molecule has 3 heteroatoms. The van der Waals surface area contributed by atoms with Gasteiger partial charge in [-0.3, -0.25) is 0 Å². The summed E-state index contributed by atoms with van der Waals surface area (Å²) in [5, 5.41) is 3.19. The van der Waals surface area contributed by atoms with Gasteiger partial charge in [0.2, 0.25) is 5.92 Å². The minimum atomic E-state index is -2.35. The van der Waals surface area contributed by atoms with Gasteiger partial charge in [0, 0.05) is 12.8 Å². The van der Waals surface area contributed by atoms with Crippen molar-refractivity contribution in [3.8, 4) is 0 Å². The van der Waals surface area contributed by atoms with Crippen molar-refractivity contribution in [1.29, 1.82) is 0 Å². The Morgan fingerprint density at radius 2 is 2.08 bits per heavy atom. The number of nitrogens with one attached hydrogen (secondary N) is 1. The molecule has 0 aromatic carbocycles. The highest BCUT2D eigenvalue weighted by molar-refractivity contribution is 4.86. The maximum atomic E-state index is 12.3. The van der Waals surface area contributed by atoms with E-state index >= 15 is 0 Å². The van der Waals surface area contributed by atoms with Crippen LogP contribution in [0.3, 0.4) is 0 Å². The van der Waals surface area contributed by atoms with Crippen molar-refractivity contribution < 1.29 is 8.78 Å². The van der Waals surface area contributed by atoms with E-state index in [0.717, 1.165) is 25.9 Å². The van der Waals surface area contributed by atoms with Crippen LogP contribution in [0.15, 0.2) is 0 Å². The SMILES string of the molecule is CCCCNCC1CC(F)(F)C1. The van der Waals surface area contributed by atoms with Gasteiger partial charge in [0.25, 0.3) is 0 Å². The van der Waals surface area contributed by atoms with E-state index in [1.807, 2.05) is 0 Å². The van der Waals surface area contributed by atoms with Crippen molar-refractivity contribution in [2.75, 3.05) is 13.1 Å². The number of alkyl halides is 2. The monoisotopic (exact) mass is 177 g/mol. The molecule has 1 fully saturated rings. The number of hydrogen-bond donors (Lipinski definition) is 1. The highest BCUT2D eigenvalue weighted by Crippen LogP contribution is 2.41. The minimum absolute atomic E-state index is 0.0894. The van der Waals surface area contributed by atoms with Gasteiger partial charge in [-0.15, -0.1) is 0 Å². The van der Waals surface area contributed by atoms with Crippen LogP contribution in [-0.4, -0.2) is 19.0 Å². The summed E-state index contributed by atoms with van der Waals surface area (Å²) in [6, 6.07) is 0. The molecule has 0 aliphatic heterocycles. The Bertz CT molecular complexity index is 128. The third-order valence-corrected chi connectivity index (χ3v) is 2.31. The predicted octanol–water partition coefficient (Wildman–Crippen LogP) is 2.42. The van der Waals surface area contributed by atoms with E-state index in [4.69, 9.17) is 0 Å². The van der Waals surface area contributed by atoms with Crippen molar-refractivity contribution in [2.24, 2.45) is 5.92 Å². The highest BCUT2D eigenvalue weighted by atomic mass is 19.3. The van der Waals surface area contributed by atoms with Crippen LogP contribution < -0.4 is 5.32 Å². The van der Waals surface area contributed by atoms with E-state index < -0.39 is 5.92 Å². The molecule has 0 bridgehead atoms. The van der Waals surface area contributed by atoms with Crippen LogP contribution in [0.5, 0.6) is 0 Å². The van der Waals surface area contributed by atoms with Gasteiger partial charge in [-0.25, -0.2) is 8.78 Å². The van der Waals surface area contributed by atoms with Gasteiger partial charge in [-0.05, 0) is 25.4 Å². The molecular weight excluding hydrogens is 160 g/mol. The number of halogens is 2. The van der Waals surface area contributed by atoms with Gasteiger partial charge in [0.05, 0.1) is 0 Å². The Balaban J connectivity index is 1.90. The lowest BCUT2D eigenvalue weighted by Gasteiger charge is -2.35. The summed E-state index contributed by atoms with van der Waals surface area (Å²) in [7, 11) is 0. The second-order valence-corrected chi connectivity index (χ2v) is 3.69. The summed E-state index contributed by atoms with van der Waals surface area (Å²) >= 11 is 0. The predicted molar refractivity (Wildman–Crippen MR) is 45.4 cm³/mol. The first-order valence-corrected chi connectivity index (χ1v) is 4.72. The number of rotatable bonds is 5. The van der Waals surface area contributed by atoms with Crippen molar-refractivity contribution in [3.63, 3.8) is 0 Å². The first-order valence-electron chi connectivity index (χ1n) is 4.72. The molecule has 1 aliphatic carbocycles. The lowest BCUT2D eigenvalue weighted by Crippen LogP contribution is -2.41. The molecule has 0 heterocycles. The van der Waals surface area contributed by atoms with Gasteiger partial charge < -0.3 is 5.32 Å². The number of unbranched alkanes of at least 4 members (excludes halogenated alkanes) is 1. The molecule has 1 saturated carbocycles. The van der Waals surface area contributed by atoms with E-state index in [0.29, 0.717) is 0 Å². The van der Waals surface area contributed by atoms with E-state index in [-0.39, 0.29) is 18.8 Å². The average Bonchev–Trinajstić information content (AvgIpc) is 1.94. The van der Waals surface area contributed by atoms with Crippen LogP contribution >= 0.6 is 0 Å². The Labute approximate surface area is 72.5 Å². The maximum absolute atomic E-state index is 12.3. The zero-order valence-corrected chi connectivity index (χ0v) is 7.58. The quantitative estimate of drug-likeness (QED) is 0.636.